The standard InChI is InChI=1S/C36H39F2N5O2/c37-27-10-5-25(6-11-27)33(35(44)41-29-15-19-39-20-16-29)34(26-7-12-28(38)13-8-26)36(45)42-30-17-21-43(22-18-30)23-31-14-9-24-3-1-2-4-32(24)40-31/h1-14,29-30,33-34,39H,15-23H2,(H,41,44)(H,42,45). The molecule has 3 heterocycles. The summed E-state index contributed by atoms with van der Waals surface area (Å²) in [5.41, 5.74) is 3.05. The van der Waals surface area contributed by atoms with E-state index in [1.807, 2.05) is 18.2 Å². The quantitative estimate of drug-likeness (QED) is 0.247. The average molecular weight is 612 g/mol. The smallest absolute Gasteiger partial charge is 0.228 e. The van der Waals surface area contributed by atoms with E-state index in [2.05, 4.69) is 39.0 Å². The van der Waals surface area contributed by atoms with Crippen LogP contribution in [0.25, 0.3) is 10.9 Å². The minimum absolute atomic E-state index is 0.0277. The number of hydrogen-bond acceptors (Lipinski definition) is 5. The summed E-state index contributed by atoms with van der Waals surface area (Å²) in [5.74, 6) is -3.31. The molecule has 0 radical (unpaired) electrons. The zero-order valence-electron chi connectivity index (χ0n) is 25.2. The van der Waals surface area contributed by atoms with Gasteiger partial charge in [-0.25, -0.2) is 8.78 Å². The van der Waals surface area contributed by atoms with Gasteiger partial charge in [-0.05, 0) is 86.3 Å². The molecule has 0 bridgehead atoms. The fourth-order valence-corrected chi connectivity index (χ4v) is 6.54. The first-order valence-electron chi connectivity index (χ1n) is 15.8. The van der Waals surface area contributed by atoms with Crippen LogP contribution in [-0.4, -0.2) is 60.0 Å². The molecule has 3 N–H and O–H groups in total. The van der Waals surface area contributed by atoms with Crippen LogP contribution in [0.15, 0.2) is 84.9 Å². The summed E-state index contributed by atoms with van der Waals surface area (Å²) in [4.78, 5) is 35.3. The molecular weight excluding hydrogens is 572 g/mol. The lowest BCUT2D eigenvalue weighted by atomic mass is 9.79. The maximum atomic E-state index is 14.2. The van der Waals surface area contributed by atoms with E-state index in [1.54, 1.807) is 24.3 Å². The number of fused-ring (bicyclic) bond motifs is 1. The number of pyridine rings is 1. The highest BCUT2D eigenvalue weighted by Gasteiger charge is 2.38. The van der Waals surface area contributed by atoms with Crippen molar-refractivity contribution in [1.82, 2.24) is 25.8 Å². The Morgan fingerprint density at radius 1 is 0.733 bits per heavy atom. The van der Waals surface area contributed by atoms with Crippen molar-refractivity contribution in [3.8, 4) is 0 Å². The molecule has 2 amide bonds. The average Bonchev–Trinajstić information content (AvgIpc) is 3.06. The molecule has 4 aromatic rings. The fraction of sp³-hybridized carbons (Fsp3) is 0.361. The molecule has 234 valence electrons. The summed E-state index contributed by atoms with van der Waals surface area (Å²) < 4.78 is 28.0. The number of hydrogen-bond donors (Lipinski definition) is 3. The third kappa shape index (κ3) is 7.72. The number of aromatic nitrogens is 1. The number of para-hydroxylation sites is 1. The van der Waals surface area contributed by atoms with Crippen LogP contribution in [0, 0.1) is 11.6 Å². The molecule has 3 aromatic carbocycles. The van der Waals surface area contributed by atoms with Crippen LogP contribution in [0.1, 0.15) is 54.3 Å². The molecule has 2 saturated heterocycles. The number of benzene rings is 3. The Labute approximate surface area is 262 Å². The van der Waals surface area contributed by atoms with Gasteiger partial charge in [0.15, 0.2) is 0 Å². The molecule has 6 rings (SSSR count). The number of nitrogens with zero attached hydrogens (tertiary/aromatic N) is 2. The van der Waals surface area contributed by atoms with Gasteiger partial charge in [0.2, 0.25) is 11.8 Å². The summed E-state index contributed by atoms with van der Waals surface area (Å²) in [7, 11) is 0. The fourth-order valence-electron chi connectivity index (χ4n) is 6.54. The molecule has 0 saturated carbocycles. The van der Waals surface area contributed by atoms with E-state index in [0.717, 1.165) is 75.0 Å². The Bertz CT molecular complexity index is 1600. The normalized spacial score (nSPS) is 17.9. The van der Waals surface area contributed by atoms with Crippen molar-refractivity contribution in [1.29, 1.82) is 0 Å². The van der Waals surface area contributed by atoms with Gasteiger partial charge in [0, 0.05) is 37.1 Å². The number of halogens is 2. The highest BCUT2D eigenvalue weighted by molar-refractivity contribution is 5.95. The van der Waals surface area contributed by atoms with Crippen molar-refractivity contribution in [2.75, 3.05) is 26.2 Å². The first-order valence-corrected chi connectivity index (χ1v) is 15.8. The van der Waals surface area contributed by atoms with Crippen LogP contribution in [-0.2, 0) is 16.1 Å². The highest BCUT2D eigenvalue weighted by Crippen LogP contribution is 2.35. The van der Waals surface area contributed by atoms with E-state index in [-0.39, 0.29) is 23.9 Å². The third-order valence-corrected chi connectivity index (χ3v) is 9.02. The van der Waals surface area contributed by atoms with Crippen LogP contribution in [0.2, 0.25) is 0 Å². The number of carbonyl (C=O) groups is 2. The lowest BCUT2D eigenvalue weighted by molar-refractivity contribution is -0.130. The Kier molecular flexibility index (Phi) is 9.76. The molecule has 2 aliphatic rings. The second-order valence-electron chi connectivity index (χ2n) is 12.1. The molecule has 2 fully saturated rings. The molecule has 7 nitrogen and oxygen atoms in total. The molecule has 2 atom stereocenters. The first-order chi connectivity index (χ1) is 21.9. The lowest BCUT2D eigenvalue weighted by Gasteiger charge is -2.34. The lowest BCUT2D eigenvalue weighted by Crippen LogP contribution is -2.49. The minimum atomic E-state index is -0.933. The van der Waals surface area contributed by atoms with Gasteiger partial charge < -0.3 is 16.0 Å². The highest BCUT2D eigenvalue weighted by atomic mass is 19.1. The van der Waals surface area contributed by atoms with Gasteiger partial charge in [-0.3, -0.25) is 19.5 Å². The van der Waals surface area contributed by atoms with E-state index in [0.29, 0.717) is 11.1 Å². The molecule has 2 unspecified atom stereocenters. The molecule has 9 heteroatoms. The SMILES string of the molecule is O=C(NC1CCNCC1)C(c1ccc(F)cc1)C(C(=O)NC1CCN(Cc2ccc3ccccc3n2)CC1)c1ccc(F)cc1. The monoisotopic (exact) mass is 611 g/mol. The number of carbonyl (C=O) groups excluding carboxylic acids is 2. The maximum absolute atomic E-state index is 14.2. The van der Waals surface area contributed by atoms with Crippen molar-refractivity contribution in [2.45, 2.75) is 56.1 Å². The summed E-state index contributed by atoms with van der Waals surface area (Å²) >= 11 is 0. The number of nitrogens with one attached hydrogen (secondary N) is 3. The second kappa shape index (κ2) is 14.3. The van der Waals surface area contributed by atoms with E-state index in [9.17, 15) is 18.4 Å². The molecule has 2 aliphatic heterocycles. The van der Waals surface area contributed by atoms with Crippen LogP contribution in [0.3, 0.4) is 0 Å². The van der Waals surface area contributed by atoms with Gasteiger partial charge in [-0.15, -0.1) is 0 Å². The Morgan fingerprint density at radius 3 is 1.84 bits per heavy atom. The second-order valence-corrected chi connectivity index (χ2v) is 12.1. The van der Waals surface area contributed by atoms with E-state index in [4.69, 9.17) is 4.98 Å². The van der Waals surface area contributed by atoms with Crippen LogP contribution < -0.4 is 16.0 Å². The summed E-state index contributed by atoms with van der Waals surface area (Å²) in [6.45, 7) is 3.90. The number of likely N-dealkylation sites (tertiary alicyclic amines) is 1. The van der Waals surface area contributed by atoms with Crippen molar-refractivity contribution in [3.05, 3.63) is 113 Å². The summed E-state index contributed by atoms with van der Waals surface area (Å²) in [5, 5.41) is 10.8. The number of amides is 2. The van der Waals surface area contributed by atoms with Crippen LogP contribution in [0.5, 0.6) is 0 Å². The molecule has 0 spiro atoms. The molecular formula is C36H39F2N5O2. The van der Waals surface area contributed by atoms with Crippen molar-refractivity contribution < 1.29 is 18.4 Å². The van der Waals surface area contributed by atoms with Gasteiger partial charge in [0.25, 0.3) is 0 Å². The summed E-state index contributed by atoms with van der Waals surface area (Å²) in [6.07, 6.45) is 3.06. The van der Waals surface area contributed by atoms with Crippen molar-refractivity contribution in [2.24, 2.45) is 0 Å². The van der Waals surface area contributed by atoms with Crippen molar-refractivity contribution in [3.63, 3.8) is 0 Å². The first kappa shape index (κ1) is 30.8. The van der Waals surface area contributed by atoms with E-state index >= 15 is 0 Å². The molecule has 1 aromatic heterocycles. The van der Waals surface area contributed by atoms with Crippen LogP contribution in [0.4, 0.5) is 8.78 Å². The van der Waals surface area contributed by atoms with Gasteiger partial charge in [-0.1, -0.05) is 48.5 Å². The zero-order valence-corrected chi connectivity index (χ0v) is 25.2. The Balaban J connectivity index is 1.19. The van der Waals surface area contributed by atoms with E-state index in [1.165, 1.54) is 24.3 Å². The predicted octanol–water partition coefficient (Wildman–Crippen LogP) is 5.03. The topological polar surface area (TPSA) is 86.4 Å². The zero-order chi connectivity index (χ0) is 31.2. The van der Waals surface area contributed by atoms with E-state index < -0.39 is 23.5 Å². The van der Waals surface area contributed by atoms with Gasteiger partial charge in [0.1, 0.15) is 11.6 Å². The number of piperidine rings is 2. The van der Waals surface area contributed by atoms with Gasteiger partial charge in [-0.2, -0.15) is 0 Å². The minimum Gasteiger partial charge on any atom is -0.353 e. The van der Waals surface area contributed by atoms with Crippen molar-refractivity contribution >= 4 is 22.7 Å². The molecule has 45 heavy (non-hydrogen) atoms. The van der Waals surface area contributed by atoms with Gasteiger partial charge in [0.05, 0.1) is 23.0 Å². The summed E-state index contributed by atoms with van der Waals surface area (Å²) in [6, 6.07) is 23.6. The predicted molar refractivity (Wildman–Crippen MR) is 171 cm³/mol. The largest absolute Gasteiger partial charge is 0.353 e. The number of rotatable bonds is 9. The third-order valence-electron chi connectivity index (χ3n) is 9.02. The van der Waals surface area contributed by atoms with Crippen LogP contribution >= 0.6 is 0 Å². The maximum Gasteiger partial charge on any atom is 0.228 e. The Hall–Kier alpha value is -4.21. The Morgan fingerprint density at radius 2 is 1.27 bits per heavy atom. The van der Waals surface area contributed by atoms with Gasteiger partial charge >= 0.3 is 0 Å². The molecule has 0 aliphatic carbocycles.